The normalized spacial score (nSPS) is 10.6. The van der Waals surface area contributed by atoms with E-state index in [-0.39, 0.29) is 5.56 Å². The average Bonchev–Trinajstić information content (AvgIpc) is 2.40. The van der Waals surface area contributed by atoms with Crippen molar-refractivity contribution in [2.75, 3.05) is 5.75 Å². The highest BCUT2D eigenvalue weighted by Crippen LogP contribution is 2.16. The van der Waals surface area contributed by atoms with Gasteiger partial charge in [0.1, 0.15) is 4.47 Å². The smallest absolute Gasteiger partial charge is 0.267 e. The first-order valence-electron chi connectivity index (χ1n) is 5.58. The van der Waals surface area contributed by atoms with E-state index >= 15 is 0 Å². The zero-order valence-electron chi connectivity index (χ0n) is 9.97. The monoisotopic (exact) mass is 324 g/mol. The second kappa shape index (κ2) is 6.20. The third kappa shape index (κ3) is 3.23. The molecule has 5 heteroatoms. The Bertz CT molecular complexity index is 583. The van der Waals surface area contributed by atoms with Crippen LogP contribution in [0.1, 0.15) is 5.69 Å². The van der Waals surface area contributed by atoms with Crippen molar-refractivity contribution >= 4 is 27.7 Å². The Morgan fingerprint density at radius 1 is 1.33 bits per heavy atom. The molecule has 0 N–H and O–H groups in total. The second-order valence-electron chi connectivity index (χ2n) is 3.80. The van der Waals surface area contributed by atoms with Crippen LogP contribution < -0.4 is 5.56 Å². The molecule has 0 aliphatic heterocycles. The molecule has 0 fully saturated rings. The van der Waals surface area contributed by atoms with Crippen molar-refractivity contribution in [2.24, 2.45) is 0 Å². The fourth-order valence-electron chi connectivity index (χ4n) is 1.48. The molecule has 0 bridgehead atoms. The molecule has 0 radical (unpaired) electrons. The van der Waals surface area contributed by atoms with E-state index in [1.807, 2.05) is 25.1 Å². The molecule has 0 spiro atoms. The molecule has 0 aliphatic rings. The van der Waals surface area contributed by atoms with E-state index in [0.29, 0.717) is 11.0 Å². The van der Waals surface area contributed by atoms with Crippen LogP contribution in [-0.4, -0.2) is 15.3 Å². The second-order valence-corrected chi connectivity index (χ2v) is 5.77. The molecule has 1 heterocycles. The van der Waals surface area contributed by atoms with Gasteiger partial charge in [-0.1, -0.05) is 18.2 Å². The Morgan fingerprint density at radius 2 is 2.06 bits per heavy atom. The van der Waals surface area contributed by atoms with Crippen molar-refractivity contribution in [3.05, 3.63) is 57.2 Å². The lowest BCUT2D eigenvalue weighted by atomic mass is 10.4. The molecular weight excluding hydrogens is 312 g/mol. The number of benzene rings is 1. The highest BCUT2D eigenvalue weighted by atomic mass is 79.9. The van der Waals surface area contributed by atoms with Crippen LogP contribution in [0.25, 0.3) is 0 Å². The summed E-state index contributed by atoms with van der Waals surface area (Å²) in [5.41, 5.74) is 0.711. The topological polar surface area (TPSA) is 34.9 Å². The van der Waals surface area contributed by atoms with Crippen molar-refractivity contribution in [3.8, 4) is 0 Å². The van der Waals surface area contributed by atoms with Crippen molar-refractivity contribution < 1.29 is 0 Å². The minimum atomic E-state index is -0.0174. The lowest BCUT2D eigenvalue weighted by Crippen LogP contribution is -2.23. The van der Waals surface area contributed by atoms with Crippen molar-refractivity contribution in [2.45, 2.75) is 18.4 Å². The fraction of sp³-hybridized carbons (Fsp3) is 0.231. The first-order chi connectivity index (χ1) is 8.68. The van der Waals surface area contributed by atoms with Crippen LogP contribution in [-0.2, 0) is 6.54 Å². The number of rotatable bonds is 4. The highest BCUT2D eigenvalue weighted by molar-refractivity contribution is 9.10. The Hall–Kier alpha value is -1.07. The van der Waals surface area contributed by atoms with Crippen molar-refractivity contribution in [3.63, 3.8) is 0 Å². The first-order valence-corrected chi connectivity index (χ1v) is 7.36. The third-order valence-electron chi connectivity index (χ3n) is 2.50. The maximum Gasteiger partial charge on any atom is 0.267 e. The summed E-state index contributed by atoms with van der Waals surface area (Å²) in [4.78, 5) is 17.3. The summed E-state index contributed by atoms with van der Waals surface area (Å²) in [7, 11) is 0. The quantitative estimate of drug-likeness (QED) is 0.810. The van der Waals surface area contributed by atoms with Gasteiger partial charge in [-0.15, -0.1) is 11.8 Å². The van der Waals surface area contributed by atoms with E-state index in [0.717, 1.165) is 11.4 Å². The molecule has 0 amide bonds. The number of halogens is 1. The summed E-state index contributed by atoms with van der Waals surface area (Å²) < 4.78 is 2.18. The standard InChI is InChI=1S/C13H13BrN2OS/c1-10-12(14)13(17)16(9-15-10)7-8-18-11-5-3-2-4-6-11/h2-6,9H,7-8H2,1H3. The lowest BCUT2D eigenvalue weighted by Gasteiger charge is -2.06. The van der Waals surface area contributed by atoms with Gasteiger partial charge in [0, 0.05) is 17.2 Å². The Kier molecular flexibility index (Phi) is 4.60. The summed E-state index contributed by atoms with van der Waals surface area (Å²) in [6.45, 7) is 2.47. The SMILES string of the molecule is Cc1ncn(CCSc2ccccc2)c(=O)c1Br. The minimum Gasteiger partial charge on any atom is -0.297 e. The minimum absolute atomic E-state index is 0.0174. The van der Waals surface area contributed by atoms with E-state index in [9.17, 15) is 4.79 Å². The Labute approximate surface area is 118 Å². The van der Waals surface area contributed by atoms with Crippen LogP contribution in [0.2, 0.25) is 0 Å². The molecule has 3 nitrogen and oxygen atoms in total. The number of thioether (sulfide) groups is 1. The number of nitrogens with zero attached hydrogens (tertiary/aromatic N) is 2. The predicted octanol–water partition coefficient (Wildman–Crippen LogP) is 3.11. The van der Waals surface area contributed by atoms with Gasteiger partial charge in [0.05, 0.1) is 12.0 Å². The molecule has 0 aliphatic carbocycles. The number of aromatic nitrogens is 2. The van der Waals surface area contributed by atoms with Gasteiger partial charge in [-0.05, 0) is 35.0 Å². The summed E-state index contributed by atoms with van der Waals surface area (Å²) in [5, 5.41) is 0. The zero-order valence-corrected chi connectivity index (χ0v) is 12.4. The van der Waals surface area contributed by atoms with Gasteiger partial charge >= 0.3 is 0 Å². The van der Waals surface area contributed by atoms with Gasteiger partial charge < -0.3 is 0 Å². The molecule has 1 aromatic carbocycles. The summed E-state index contributed by atoms with van der Waals surface area (Å²) in [5.74, 6) is 0.848. The maximum atomic E-state index is 11.9. The highest BCUT2D eigenvalue weighted by Gasteiger charge is 2.04. The molecule has 94 valence electrons. The average molecular weight is 325 g/mol. The lowest BCUT2D eigenvalue weighted by molar-refractivity contribution is 0.703. The fourth-order valence-corrected chi connectivity index (χ4v) is 2.69. The van der Waals surface area contributed by atoms with Gasteiger partial charge in [0.15, 0.2) is 0 Å². The first kappa shape index (κ1) is 13.4. The molecule has 2 aromatic rings. The van der Waals surface area contributed by atoms with Gasteiger partial charge in [-0.3, -0.25) is 9.36 Å². The van der Waals surface area contributed by atoms with Gasteiger partial charge in [-0.2, -0.15) is 0 Å². The molecule has 0 atom stereocenters. The van der Waals surface area contributed by atoms with Crippen LogP contribution in [0, 0.1) is 6.92 Å². The van der Waals surface area contributed by atoms with E-state index in [2.05, 4.69) is 33.0 Å². The number of hydrogen-bond acceptors (Lipinski definition) is 3. The maximum absolute atomic E-state index is 11.9. The van der Waals surface area contributed by atoms with Crippen LogP contribution >= 0.6 is 27.7 Å². The largest absolute Gasteiger partial charge is 0.297 e. The van der Waals surface area contributed by atoms with Gasteiger partial charge in [0.25, 0.3) is 5.56 Å². The van der Waals surface area contributed by atoms with Crippen LogP contribution in [0.15, 0.2) is 50.8 Å². The van der Waals surface area contributed by atoms with Crippen LogP contribution in [0.5, 0.6) is 0 Å². The van der Waals surface area contributed by atoms with Gasteiger partial charge in [-0.25, -0.2) is 4.98 Å². The van der Waals surface area contributed by atoms with Crippen LogP contribution in [0.3, 0.4) is 0 Å². The summed E-state index contributed by atoms with van der Waals surface area (Å²) in [6.07, 6.45) is 1.61. The summed E-state index contributed by atoms with van der Waals surface area (Å²) >= 11 is 5.00. The predicted molar refractivity (Wildman–Crippen MR) is 78.1 cm³/mol. The molecule has 2 rings (SSSR count). The van der Waals surface area contributed by atoms with E-state index in [4.69, 9.17) is 0 Å². The Balaban J connectivity index is 1.99. The zero-order chi connectivity index (χ0) is 13.0. The van der Waals surface area contributed by atoms with E-state index in [1.54, 1.807) is 22.7 Å². The summed E-state index contributed by atoms with van der Waals surface area (Å²) in [6, 6.07) is 10.2. The van der Waals surface area contributed by atoms with Gasteiger partial charge in [0.2, 0.25) is 0 Å². The molecule has 0 saturated carbocycles. The third-order valence-corrected chi connectivity index (χ3v) is 4.41. The number of aryl methyl sites for hydroxylation is 2. The number of hydrogen-bond donors (Lipinski definition) is 0. The molecule has 1 aromatic heterocycles. The molecule has 18 heavy (non-hydrogen) atoms. The van der Waals surface area contributed by atoms with E-state index < -0.39 is 0 Å². The Morgan fingerprint density at radius 3 is 2.78 bits per heavy atom. The van der Waals surface area contributed by atoms with E-state index in [1.165, 1.54) is 4.90 Å². The van der Waals surface area contributed by atoms with Crippen molar-refractivity contribution in [1.29, 1.82) is 0 Å². The molecule has 0 unspecified atom stereocenters. The van der Waals surface area contributed by atoms with Crippen molar-refractivity contribution in [1.82, 2.24) is 9.55 Å². The molecular formula is C13H13BrN2OS. The molecule has 0 saturated heterocycles. The van der Waals surface area contributed by atoms with Crippen LogP contribution in [0.4, 0.5) is 0 Å².